The van der Waals surface area contributed by atoms with Crippen molar-refractivity contribution in [1.82, 2.24) is 9.36 Å². The average molecular weight is 176 g/mol. The summed E-state index contributed by atoms with van der Waals surface area (Å²) in [6.45, 7) is 2.14. The molecule has 1 unspecified atom stereocenters. The topological polar surface area (TPSA) is 46.0 Å². The molecule has 1 atom stereocenters. The lowest BCUT2D eigenvalue weighted by Crippen LogP contribution is -2.00. The molecule has 0 aliphatic carbocycles. The van der Waals surface area contributed by atoms with Gasteiger partial charge < -0.3 is 5.11 Å². The quantitative estimate of drug-likeness (QED) is 0.698. The Labute approximate surface area is 67.7 Å². The van der Waals surface area contributed by atoms with Gasteiger partial charge >= 0.3 is 0 Å². The van der Waals surface area contributed by atoms with E-state index in [-0.39, 0.29) is 11.9 Å². The summed E-state index contributed by atoms with van der Waals surface area (Å²) in [6, 6.07) is 0. The van der Waals surface area contributed by atoms with Crippen LogP contribution in [0.1, 0.15) is 6.92 Å². The van der Waals surface area contributed by atoms with Gasteiger partial charge in [-0.3, -0.25) is 0 Å². The van der Waals surface area contributed by atoms with Crippen LogP contribution >= 0.6 is 23.3 Å². The first kappa shape index (κ1) is 7.97. The van der Waals surface area contributed by atoms with Gasteiger partial charge in [-0.1, -0.05) is 18.7 Å². The molecule has 56 valence electrons. The number of aliphatic hydroxyl groups is 1. The van der Waals surface area contributed by atoms with Crippen LogP contribution in [-0.2, 0) is 0 Å². The second-order valence-electron chi connectivity index (χ2n) is 1.82. The van der Waals surface area contributed by atoms with E-state index in [1.165, 1.54) is 17.9 Å². The maximum Gasteiger partial charge on any atom is 0.170 e. The van der Waals surface area contributed by atoms with E-state index < -0.39 is 0 Å². The zero-order valence-electron chi connectivity index (χ0n) is 5.52. The number of thioether (sulfide) groups is 1. The number of aromatic nitrogens is 2. The fraction of sp³-hybridized carbons (Fsp3) is 0.600. The van der Waals surface area contributed by atoms with Crippen LogP contribution in [0.5, 0.6) is 0 Å². The van der Waals surface area contributed by atoms with Crippen molar-refractivity contribution in [3.63, 3.8) is 0 Å². The molecule has 0 saturated heterocycles. The van der Waals surface area contributed by atoms with E-state index in [2.05, 4.69) is 9.36 Å². The first-order valence-electron chi connectivity index (χ1n) is 2.87. The summed E-state index contributed by atoms with van der Waals surface area (Å²) < 4.78 is 4.76. The highest BCUT2D eigenvalue weighted by Crippen LogP contribution is 2.22. The van der Waals surface area contributed by atoms with Crippen molar-refractivity contribution < 1.29 is 5.11 Å². The summed E-state index contributed by atoms with van der Waals surface area (Å²) in [4.78, 5) is 3.96. The molecule has 1 N–H and O–H groups in total. The monoisotopic (exact) mass is 176 g/mol. The summed E-state index contributed by atoms with van der Waals surface area (Å²) in [5.41, 5.74) is 0. The Morgan fingerprint density at radius 3 is 3.20 bits per heavy atom. The van der Waals surface area contributed by atoms with Gasteiger partial charge in [0.25, 0.3) is 0 Å². The molecule has 0 aromatic carbocycles. The normalized spacial score (nSPS) is 13.4. The van der Waals surface area contributed by atoms with Crippen LogP contribution in [0.15, 0.2) is 10.7 Å². The Morgan fingerprint density at radius 1 is 1.90 bits per heavy atom. The molecule has 0 amide bonds. The minimum absolute atomic E-state index is 0.185. The molecule has 1 aromatic rings. The maximum atomic E-state index is 8.67. The van der Waals surface area contributed by atoms with Gasteiger partial charge in [0.05, 0.1) is 6.61 Å². The first-order chi connectivity index (χ1) is 4.83. The standard InChI is InChI=1S/C5H8N2OS2/c1-4(2-8)9-5-6-3-7-10-5/h3-4,8H,2H2,1H3. The third-order valence-corrected chi connectivity index (χ3v) is 2.73. The Kier molecular flexibility index (Phi) is 3.11. The Hall–Kier alpha value is -0.130. The van der Waals surface area contributed by atoms with Gasteiger partial charge in [0.2, 0.25) is 0 Å². The molecule has 1 heterocycles. The van der Waals surface area contributed by atoms with Crippen molar-refractivity contribution in [3.8, 4) is 0 Å². The second-order valence-corrected chi connectivity index (χ2v) is 4.28. The molecule has 3 nitrogen and oxygen atoms in total. The Balaban J connectivity index is 2.40. The van der Waals surface area contributed by atoms with Crippen molar-refractivity contribution >= 4 is 23.3 Å². The van der Waals surface area contributed by atoms with Gasteiger partial charge in [-0.05, 0) is 11.5 Å². The zero-order valence-corrected chi connectivity index (χ0v) is 7.15. The molecule has 1 aromatic heterocycles. The maximum absolute atomic E-state index is 8.67. The molecule has 0 bridgehead atoms. The lowest BCUT2D eigenvalue weighted by molar-refractivity contribution is 0.300. The Bertz CT molecular complexity index is 178. The van der Waals surface area contributed by atoms with Crippen molar-refractivity contribution in [2.75, 3.05) is 6.61 Å². The van der Waals surface area contributed by atoms with E-state index in [0.717, 1.165) is 4.34 Å². The molecular formula is C5H8N2OS2. The molecule has 0 aliphatic heterocycles. The lowest BCUT2D eigenvalue weighted by atomic mass is 10.5. The van der Waals surface area contributed by atoms with Crippen LogP contribution in [0.3, 0.4) is 0 Å². The van der Waals surface area contributed by atoms with Crippen LogP contribution in [0, 0.1) is 0 Å². The summed E-state index contributed by atoms with van der Waals surface area (Å²) >= 11 is 2.90. The van der Waals surface area contributed by atoms with E-state index in [9.17, 15) is 0 Å². The van der Waals surface area contributed by atoms with Gasteiger partial charge in [0, 0.05) is 5.25 Å². The highest BCUT2D eigenvalue weighted by molar-refractivity contribution is 8.01. The minimum atomic E-state index is 0.185. The SMILES string of the molecule is CC(CO)Sc1ncns1. The molecular weight excluding hydrogens is 168 g/mol. The predicted octanol–water partition coefficient (Wildman–Crippen LogP) is 1.01. The van der Waals surface area contributed by atoms with E-state index in [1.54, 1.807) is 11.8 Å². The molecule has 5 heteroatoms. The number of hydrogen-bond donors (Lipinski definition) is 1. The van der Waals surface area contributed by atoms with Crippen LogP contribution in [0.25, 0.3) is 0 Å². The van der Waals surface area contributed by atoms with Gasteiger partial charge in [-0.25, -0.2) is 4.98 Å². The number of hydrogen-bond acceptors (Lipinski definition) is 5. The predicted molar refractivity (Wildman–Crippen MR) is 42.3 cm³/mol. The van der Waals surface area contributed by atoms with Crippen LogP contribution in [-0.4, -0.2) is 26.3 Å². The fourth-order valence-corrected chi connectivity index (χ4v) is 2.02. The van der Waals surface area contributed by atoms with Gasteiger partial charge in [0.1, 0.15) is 6.33 Å². The molecule has 0 spiro atoms. The summed E-state index contributed by atoms with van der Waals surface area (Å²) in [5, 5.41) is 8.88. The molecule has 10 heavy (non-hydrogen) atoms. The van der Waals surface area contributed by atoms with Gasteiger partial charge in [-0.15, -0.1) is 0 Å². The van der Waals surface area contributed by atoms with Crippen LogP contribution in [0.4, 0.5) is 0 Å². The smallest absolute Gasteiger partial charge is 0.170 e. The Morgan fingerprint density at radius 2 is 2.70 bits per heavy atom. The molecule has 0 radical (unpaired) electrons. The van der Waals surface area contributed by atoms with Gasteiger partial charge in [-0.2, -0.15) is 4.37 Å². The number of aliphatic hydroxyl groups excluding tert-OH is 1. The average Bonchev–Trinajstić information content (AvgIpc) is 2.40. The van der Waals surface area contributed by atoms with Crippen LogP contribution in [0.2, 0.25) is 0 Å². The molecule has 0 aliphatic rings. The van der Waals surface area contributed by atoms with E-state index in [4.69, 9.17) is 5.11 Å². The summed E-state index contributed by atoms with van der Waals surface area (Å²) in [7, 11) is 0. The van der Waals surface area contributed by atoms with E-state index >= 15 is 0 Å². The largest absolute Gasteiger partial charge is 0.395 e. The first-order valence-corrected chi connectivity index (χ1v) is 4.52. The van der Waals surface area contributed by atoms with Crippen molar-refractivity contribution in [3.05, 3.63) is 6.33 Å². The van der Waals surface area contributed by atoms with E-state index in [0.29, 0.717) is 0 Å². The molecule has 0 saturated carbocycles. The van der Waals surface area contributed by atoms with Crippen LogP contribution < -0.4 is 0 Å². The summed E-state index contributed by atoms with van der Waals surface area (Å²) in [6.07, 6.45) is 1.52. The highest BCUT2D eigenvalue weighted by atomic mass is 32.2. The lowest BCUT2D eigenvalue weighted by Gasteiger charge is -2.01. The van der Waals surface area contributed by atoms with E-state index in [1.807, 2.05) is 6.92 Å². The second kappa shape index (κ2) is 3.90. The molecule has 0 fully saturated rings. The van der Waals surface area contributed by atoms with Crippen molar-refractivity contribution in [2.45, 2.75) is 16.5 Å². The third kappa shape index (κ3) is 2.24. The highest BCUT2D eigenvalue weighted by Gasteiger charge is 2.03. The third-order valence-electron chi connectivity index (χ3n) is 0.900. The van der Waals surface area contributed by atoms with Crippen molar-refractivity contribution in [2.24, 2.45) is 0 Å². The fourth-order valence-electron chi connectivity index (χ4n) is 0.424. The molecule has 1 rings (SSSR count). The summed E-state index contributed by atoms with van der Waals surface area (Å²) in [5.74, 6) is 0. The number of rotatable bonds is 3. The van der Waals surface area contributed by atoms with Gasteiger partial charge in [0.15, 0.2) is 4.34 Å². The minimum Gasteiger partial charge on any atom is -0.395 e. The zero-order chi connectivity index (χ0) is 7.40. The van der Waals surface area contributed by atoms with Crippen molar-refractivity contribution in [1.29, 1.82) is 0 Å². The number of nitrogens with zero attached hydrogens (tertiary/aromatic N) is 2.